The lowest BCUT2D eigenvalue weighted by atomic mass is 10.1. The lowest BCUT2D eigenvalue weighted by Gasteiger charge is -2.18. The number of hydrazine groups is 1. The Labute approximate surface area is 163 Å². The van der Waals surface area contributed by atoms with Gasteiger partial charge in [0.2, 0.25) is 0 Å². The topological polar surface area (TPSA) is 62.4 Å². The maximum atomic E-state index is 12.7. The number of carbonyl (C=O) groups is 1. The molecular formula is C19H23N3O2S2. The number of thioether (sulfide) groups is 1. The summed E-state index contributed by atoms with van der Waals surface area (Å²) in [6, 6.07) is 19.5. The average molecular weight is 390 g/mol. The third kappa shape index (κ3) is 7.03. The van der Waals surface area contributed by atoms with Crippen LogP contribution in [0, 0.1) is 0 Å². The van der Waals surface area contributed by atoms with Gasteiger partial charge in [0.05, 0.1) is 0 Å². The van der Waals surface area contributed by atoms with Crippen molar-refractivity contribution in [1.82, 2.24) is 16.2 Å². The average Bonchev–Trinajstić information content (AvgIpc) is 2.69. The minimum absolute atomic E-state index is 0.161. The minimum Gasteiger partial charge on any atom is -0.385 e. The Morgan fingerprint density at radius 2 is 1.73 bits per heavy atom. The van der Waals surface area contributed by atoms with Crippen molar-refractivity contribution in [2.24, 2.45) is 0 Å². The molecule has 0 saturated heterocycles. The molecule has 2 aromatic rings. The highest BCUT2D eigenvalue weighted by atomic mass is 32.2. The van der Waals surface area contributed by atoms with Crippen LogP contribution in [0.4, 0.5) is 0 Å². The van der Waals surface area contributed by atoms with Gasteiger partial charge >= 0.3 is 0 Å². The summed E-state index contributed by atoms with van der Waals surface area (Å²) in [5, 5.41) is 3.01. The smallest absolute Gasteiger partial charge is 0.256 e. The van der Waals surface area contributed by atoms with Crippen LogP contribution < -0.4 is 16.2 Å². The summed E-state index contributed by atoms with van der Waals surface area (Å²) in [4.78, 5) is 13.8. The van der Waals surface area contributed by atoms with E-state index in [9.17, 15) is 4.79 Å². The first kappa shape index (κ1) is 20.2. The molecule has 0 spiro atoms. The number of rotatable bonds is 8. The third-order valence-electron chi connectivity index (χ3n) is 3.45. The molecule has 2 aromatic carbocycles. The second kappa shape index (κ2) is 11.5. The van der Waals surface area contributed by atoms with Crippen LogP contribution in [0.3, 0.4) is 0 Å². The number of ether oxygens (including phenoxy) is 1. The van der Waals surface area contributed by atoms with E-state index in [-0.39, 0.29) is 11.2 Å². The van der Waals surface area contributed by atoms with Crippen molar-refractivity contribution >= 4 is 35.0 Å². The zero-order valence-electron chi connectivity index (χ0n) is 14.6. The van der Waals surface area contributed by atoms with Crippen LogP contribution in [-0.4, -0.2) is 31.3 Å². The number of hydrogen-bond acceptors (Lipinski definition) is 4. The van der Waals surface area contributed by atoms with E-state index in [4.69, 9.17) is 17.0 Å². The molecule has 0 aliphatic carbocycles. The standard InChI is InChI=1S/C19H23N3O2S2/c1-24-14-8-13-20-19(25)22-21-18(23)17(15-9-4-2-5-10-15)26-16-11-6-3-7-12-16/h2-7,9-12,17H,8,13-14H2,1H3,(H,21,23)(H2,20,22,25). The normalized spacial score (nSPS) is 11.4. The number of benzene rings is 2. The van der Waals surface area contributed by atoms with Crippen LogP contribution in [0.2, 0.25) is 0 Å². The predicted octanol–water partition coefficient (Wildman–Crippen LogP) is 3.05. The Morgan fingerprint density at radius 3 is 2.38 bits per heavy atom. The molecule has 5 nitrogen and oxygen atoms in total. The molecule has 0 aliphatic rings. The molecule has 1 unspecified atom stereocenters. The van der Waals surface area contributed by atoms with Crippen LogP contribution in [0.25, 0.3) is 0 Å². The van der Waals surface area contributed by atoms with Crippen LogP contribution >= 0.6 is 24.0 Å². The second-order valence-electron chi connectivity index (χ2n) is 5.44. The number of carbonyl (C=O) groups excluding carboxylic acids is 1. The Balaban J connectivity index is 1.94. The molecule has 7 heteroatoms. The van der Waals surface area contributed by atoms with Gasteiger partial charge in [0, 0.05) is 25.2 Å². The van der Waals surface area contributed by atoms with Crippen molar-refractivity contribution < 1.29 is 9.53 Å². The number of amides is 1. The molecule has 0 saturated carbocycles. The molecule has 3 N–H and O–H groups in total. The van der Waals surface area contributed by atoms with Crippen LogP contribution in [0.1, 0.15) is 17.2 Å². The lowest BCUT2D eigenvalue weighted by Crippen LogP contribution is -2.48. The number of nitrogens with one attached hydrogen (secondary N) is 3. The monoisotopic (exact) mass is 389 g/mol. The van der Waals surface area contributed by atoms with Gasteiger partial charge in [0.25, 0.3) is 5.91 Å². The molecule has 0 radical (unpaired) electrons. The number of hydrogen-bond donors (Lipinski definition) is 3. The van der Waals surface area contributed by atoms with Gasteiger partial charge in [-0.05, 0) is 36.3 Å². The van der Waals surface area contributed by atoms with Crippen LogP contribution in [-0.2, 0) is 9.53 Å². The fourth-order valence-corrected chi connectivity index (χ4v) is 3.38. The molecule has 0 aromatic heterocycles. The quantitative estimate of drug-likeness (QED) is 0.279. The SMILES string of the molecule is COCCCNC(=S)NNC(=O)C(Sc1ccccc1)c1ccccc1. The summed E-state index contributed by atoms with van der Waals surface area (Å²) < 4.78 is 4.98. The maximum Gasteiger partial charge on any atom is 0.256 e. The molecule has 0 aliphatic heterocycles. The molecule has 0 bridgehead atoms. The van der Waals surface area contributed by atoms with Crippen molar-refractivity contribution in [3.05, 3.63) is 66.2 Å². The zero-order valence-corrected chi connectivity index (χ0v) is 16.2. The molecule has 0 heterocycles. The highest BCUT2D eigenvalue weighted by Crippen LogP contribution is 2.35. The zero-order chi connectivity index (χ0) is 18.6. The first-order chi connectivity index (χ1) is 12.7. The van der Waals surface area contributed by atoms with Gasteiger partial charge in [-0.2, -0.15) is 0 Å². The van der Waals surface area contributed by atoms with E-state index in [0.717, 1.165) is 16.9 Å². The largest absolute Gasteiger partial charge is 0.385 e. The third-order valence-corrected chi connectivity index (χ3v) is 4.96. The maximum absolute atomic E-state index is 12.7. The molecule has 138 valence electrons. The Hall–Kier alpha value is -2.09. The van der Waals surface area contributed by atoms with E-state index in [1.165, 1.54) is 11.8 Å². The van der Waals surface area contributed by atoms with E-state index in [0.29, 0.717) is 18.3 Å². The summed E-state index contributed by atoms with van der Waals surface area (Å²) in [5.41, 5.74) is 6.39. The van der Waals surface area contributed by atoms with Crippen LogP contribution in [0.15, 0.2) is 65.6 Å². The first-order valence-corrected chi connectivity index (χ1v) is 9.59. The molecule has 2 rings (SSSR count). The highest BCUT2D eigenvalue weighted by molar-refractivity contribution is 8.00. The number of thiocarbonyl (C=S) groups is 1. The van der Waals surface area contributed by atoms with E-state index >= 15 is 0 Å². The van der Waals surface area contributed by atoms with Gasteiger partial charge in [0.15, 0.2) is 5.11 Å². The van der Waals surface area contributed by atoms with Gasteiger partial charge in [-0.1, -0.05) is 48.5 Å². The van der Waals surface area contributed by atoms with Gasteiger partial charge in [-0.3, -0.25) is 15.6 Å². The van der Waals surface area contributed by atoms with Crippen molar-refractivity contribution in [3.63, 3.8) is 0 Å². The van der Waals surface area contributed by atoms with Gasteiger partial charge < -0.3 is 10.1 Å². The Bertz CT molecular complexity index is 684. The van der Waals surface area contributed by atoms with E-state index in [1.54, 1.807) is 7.11 Å². The Morgan fingerprint density at radius 1 is 1.08 bits per heavy atom. The first-order valence-electron chi connectivity index (χ1n) is 8.30. The van der Waals surface area contributed by atoms with Crippen LogP contribution in [0.5, 0.6) is 0 Å². The molecular weight excluding hydrogens is 366 g/mol. The van der Waals surface area contributed by atoms with Crippen molar-refractivity contribution in [2.45, 2.75) is 16.6 Å². The molecule has 26 heavy (non-hydrogen) atoms. The fourth-order valence-electron chi connectivity index (χ4n) is 2.18. The van der Waals surface area contributed by atoms with E-state index in [1.807, 2.05) is 60.7 Å². The lowest BCUT2D eigenvalue weighted by molar-refractivity contribution is -0.121. The van der Waals surface area contributed by atoms with Crippen molar-refractivity contribution in [2.75, 3.05) is 20.3 Å². The van der Waals surface area contributed by atoms with Crippen molar-refractivity contribution in [1.29, 1.82) is 0 Å². The fraction of sp³-hybridized carbons (Fsp3) is 0.263. The summed E-state index contributed by atoms with van der Waals surface area (Å²) in [5.74, 6) is -0.161. The Kier molecular flexibility index (Phi) is 8.95. The van der Waals surface area contributed by atoms with Gasteiger partial charge in [-0.25, -0.2) is 0 Å². The molecule has 0 fully saturated rings. The highest BCUT2D eigenvalue weighted by Gasteiger charge is 2.22. The summed E-state index contributed by atoms with van der Waals surface area (Å²) in [6.45, 7) is 1.34. The van der Waals surface area contributed by atoms with Gasteiger partial charge in [0.1, 0.15) is 5.25 Å². The summed E-state index contributed by atoms with van der Waals surface area (Å²) >= 11 is 6.66. The minimum atomic E-state index is -0.387. The predicted molar refractivity (Wildman–Crippen MR) is 110 cm³/mol. The van der Waals surface area contributed by atoms with E-state index in [2.05, 4.69) is 16.2 Å². The molecule has 1 atom stereocenters. The summed E-state index contributed by atoms with van der Waals surface area (Å²) in [7, 11) is 1.66. The van der Waals surface area contributed by atoms with Gasteiger partial charge in [-0.15, -0.1) is 11.8 Å². The second-order valence-corrected chi connectivity index (χ2v) is 7.02. The van der Waals surface area contributed by atoms with E-state index < -0.39 is 0 Å². The van der Waals surface area contributed by atoms with Crippen molar-refractivity contribution in [3.8, 4) is 0 Å². The number of methoxy groups -OCH3 is 1. The molecule has 1 amide bonds. The summed E-state index contributed by atoms with van der Waals surface area (Å²) in [6.07, 6.45) is 0.836.